The number of nitrogens with zero attached hydrogens (tertiary/aromatic N) is 4. The zero-order chi connectivity index (χ0) is 32.2. The minimum Gasteiger partial charge on any atom is -0.494 e. The molecule has 1 aliphatic rings. The zero-order valence-corrected chi connectivity index (χ0v) is 24.8. The zero-order valence-electron chi connectivity index (χ0n) is 24.8. The average molecular weight is 624 g/mol. The van der Waals surface area contributed by atoms with Gasteiger partial charge < -0.3 is 36.2 Å². The van der Waals surface area contributed by atoms with Gasteiger partial charge in [0.1, 0.15) is 0 Å². The maximum absolute atomic E-state index is 14.8. The van der Waals surface area contributed by atoms with E-state index < -0.39 is 23.8 Å². The van der Waals surface area contributed by atoms with Crippen molar-refractivity contribution in [3.8, 4) is 17.0 Å². The van der Waals surface area contributed by atoms with E-state index in [2.05, 4.69) is 20.6 Å². The summed E-state index contributed by atoms with van der Waals surface area (Å²) in [6.45, 7) is 2.42. The van der Waals surface area contributed by atoms with Crippen molar-refractivity contribution in [3.05, 3.63) is 71.7 Å². The molecule has 45 heavy (non-hydrogen) atoms. The molecule has 0 spiro atoms. The number of anilines is 2. The highest BCUT2D eigenvalue weighted by molar-refractivity contribution is 5.96. The molecule has 1 aliphatic heterocycles. The van der Waals surface area contributed by atoms with Crippen LogP contribution >= 0.6 is 0 Å². The summed E-state index contributed by atoms with van der Waals surface area (Å²) in [6.07, 6.45) is 3.24. The molecule has 0 radical (unpaired) electrons. The van der Waals surface area contributed by atoms with Gasteiger partial charge in [-0.25, -0.2) is 14.4 Å². The Morgan fingerprint density at radius 2 is 1.87 bits per heavy atom. The maximum Gasteiger partial charge on any atom is 0.254 e. The van der Waals surface area contributed by atoms with Crippen molar-refractivity contribution in [1.82, 2.24) is 24.6 Å². The van der Waals surface area contributed by atoms with Crippen LogP contribution in [0.25, 0.3) is 16.9 Å². The molecule has 238 valence electrons. The highest BCUT2D eigenvalue weighted by atomic mass is 19.2. The molecule has 4 aromatic rings. The Bertz CT molecular complexity index is 1710. The summed E-state index contributed by atoms with van der Waals surface area (Å²) in [6, 6.07) is 8.04. The summed E-state index contributed by atoms with van der Waals surface area (Å²) >= 11 is 0. The van der Waals surface area contributed by atoms with E-state index in [1.165, 1.54) is 31.6 Å². The van der Waals surface area contributed by atoms with Crippen LogP contribution in [0.4, 0.5) is 20.3 Å². The predicted molar refractivity (Wildman–Crippen MR) is 162 cm³/mol. The van der Waals surface area contributed by atoms with Crippen LogP contribution < -0.4 is 21.1 Å². The van der Waals surface area contributed by atoms with Crippen LogP contribution in [-0.2, 0) is 4.79 Å². The van der Waals surface area contributed by atoms with Crippen LogP contribution in [-0.4, -0.2) is 86.8 Å². The minimum absolute atomic E-state index is 0.0162. The van der Waals surface area contributed by atoms with Crippen molar-refractivity contribution >= 4 is 29.0 Å². The number of carbonyl (C=O) groups excluding carboxylic acids is 2. The number of amides is 2. The monoisotopic (exact) mass is 623 g/mol. The Kier molecular flexibility index (Phi) is 9.56. The maximum atomic E-state index is 14.8. The largest absolute Gasteiger partial charge is 0.494 e. The molecule has 3 heterocycles. The number of aliphatic hydroxyl groups is 2. The van der Waals surface area contributed by atoms with Crippen molar-refractivity contribution in [2.45, 2.75) is 32.0 Å². The SMILES string of the molecule is COc1ccc(-c2cnc3c(Nc4ccc(C(=O)N5CCC(C(=O)NC[C@H](O)[C@@H](O)CN)CC5)c(C)c4)nccn23)c(F)c1F. The highest BCUT2D eigenvalue weighted by Gasteiger charge is 2.29. The molecule has 5 rings (SSSR count). The number of halogens is 2. The van der Waals surface area contributed by atoms with Gasteiger partial charge in [0.25, 0.3) is 5.91 Å². The summed E-state index contributed by atoms with van der Waals surface area (Å²) in [4.78, 5) is 36.3. The molecule has 2 aromatic heterocycles. The topological polar surface area (TPSA) is 167 Å². The third-order valence-electron chi connectivity index (χ3n) is 8.01. The van der Waals surface area contributed by atoms with E-state index in [1.54, 1.807) is 27.6 Å². The molecule has 0 unspecified atom stereocenters. The molecule has 0 saturated carbocycles. The lowest BCUT2D eigenvalue weighted by Crippen LogP contribution is -2.46. The van der Waals surface area contributed by atoms with Gasteiger partial charge in [0, 0.05) is 61.3 Å². The Hall–Kier alpha value is -4.66. The number of carbonyl (C=O) groups is 2. The van der Waals surface area contributed by atoms with Gasteiger partial charge >= 0.3 is 0 Å². The summed E-state index contributed by atoms with van der Waals surface area (Å²) in [5.41, 5.74) is 7.96. The fraction of sp³-hybridized carbons (Fsp3) is 0.355. The van der Waals surface area contributed by atoms with E-state index in [9.17, 15) is 28.6 Å². The van der Waals surface area contributed by atoms with E-state index in [0.717, 1.165) is 5.56 Å². The summed E-state index contributed by atoms with van der Waals surface area (Å²) < 4.78 is 35.7. The van der Waals surface area contributed by atoms with Crippen molar-refractivity contribution in [3.63, 3.8) is 0 Å². The van der Waals surface area contributed by atoms with E-state index in [-0.39, 0.29) is 42.1 Å². The van der Waals surface area contributed by atoms with Gasteiger partial charge in [-0.1, -0.05) is 0 Å². The van der Waals surface area contributed by atoms with Crippen molar-refractivity contribution in [2.24, 2.45) is 11.7 Å². The molecule has 14 heteroatoms. The number of ether oxygens (including phenoxy) is 1. The molecule has 0 aliphatic carbocycles. The molecule has 0 bridgehead atoms. The number of fused-ring (bicyclic) bond motifs is 1. The van der Waals surface area contributed by atoms with Crippen LogP contribution in [0.2, 0.25) is 0 Å². The Morgan fingerprint density at radius 3 is 2.56 bits per heavy atom. The number of aryl methyl sites for hydroxylation is 1. The smallest absolute Gasteiger partial charge is 0.254 e. The third kappa shape index (κ3) is 6.57. The fourth-order valence-electron chi connectivity index (χ4n) is 5.37. The van der Waals surface area contributed by atoms with Gasteiger partial charge in [0.2, 0.25) is 11.7 Å². The second kappa shape index (κ2) is 13.5. The van der Waals surface area contributed by atoms with E-state index in [1.807, 2.05) is 13.0 Å². The number of imidazole rings is 1. The molecule has 2 aromatic carbocycles. The van der Waals surface area contributed by atoms with Gasteiger partial charge in [-0.2, -0.15) is 4.39 Å². The quantitative estimate of drug-likeness (QED) is 0.178. The first-order valence-electron chi connectivity index (χ1n) is 14.5. The molecule has 1 fully saturated rings. The van der Waals surface area contributed by atoms with E-state index in [4.69, 9.17) is 10.5 Å². The number of aliphatic hydroxyl groups excluding tert-OH is 2. The van der Waals surface area contributed by atoms with Crippen LogP contribution in [0.1, 0.15) is 28.8 Å². The Balaban J connectivity index is 1.24. The number of methoxy groups -OCH3 is 1. The second-order valence-corrected chi connectivity index (χ2v) is 10.9. The van der Waals surface area contributed by atoms with E-state index in [0.29, 0.717) is 54.3 Å². The molecule has 2 atom stereocenters. The molecule has 2 amide bonds. The number of likely N-dealkylation sites (tertiary alicyclic amines) is 1. The van der Waals surface area contributed by atoms with Gasteiger partial charge in [0.15, 0.2) is 23.0 Å². The van der Waals surface area contributed by atoms with Crippen LogP contribution in [0.5, 0.6) is 5.75 Å². The number of hydrogen-bond donors (Lipinski definition) is 5. The number of hydrogen-bond acceptors (Lipinski definition) is 9. The first-order valence-corrected chi connectivity index (χ1v) is 14.5. The Labute approximate surface area is 257 Å². The van der Waals surface area contributed by atoms with Gasteiger partial charge in [-0.05, 0) is 55.7 Å². The number of nitrogens with two attached hydrogens (primary N) is 1. The lowest BCUT2D eigenvalue weighted by atomic mass is 9.95. The summed E-state index contributed by atoms with van der Waals surface area (Å²) in [7, 11) is 1.26. The second-order valence-electron chi connectivity index (χ2n) is 10.9. The van der Waals surface area contributed by atoms with Gasteiger partial charge in [-0.3, -0.25) is 14.0 Å². The lowest BCUT2D eigenvalue weighted by Gasteiger charge is -2.32. The average Bonchev–Trinajstić information content (AvgIpc) is 3.49. The molecular weight excluding hydrogens is 588 g/mol. The molecule has 6 N–H and O–H groups in total. The number of aromatic nitrogens is 3. The molecule has 1 saturated heterocycles. The van der Waals surface area contributed by atoms with Gasteiger partial charge in [-0.15, -0.1) is 0 Å². The van der Waals surface area contributed by atoms with Crippen LogP contribution in [0, 0.1) is 24.5 Å². The summed E-state index contributed by atoms with van der Waals surface area (Å²) in [5.74, 6) is -2.64. The fourth-order valence-corrected chi connectivity index (χ4v) is 5.37. The predicted octanol–water partition coefficient (Wildman–Crippen LogP) is 2.38. The molecule has 12 nitrogen and oxygen atoms in total. The van der Waals surface area contributed by atoms with Crippen molar-refractivity contribution in [1.29, 1.82) is 0 Å². The standard InChI is InChI=1S/C31H35F2N7O5/c1-17-13-19(3-4-20(17)31(44)39-10-7-18(8-11-39)30(43)37-16-24(42)23(41)14-34)38-28-29-36-15-22(40(29)12-9-35-28)21-5-6-25(45-2)27(33)26(21)32/h3-6,9,12-13,15,18,23-24,41-42H,7-8,10-11,14,16,34H2,1-2H3,(H,35,38)(H,37,43)/t23-,24-/m0/s1. The molecular formula is C31H35F2N7O5. The lowest BCUT2D eigenvalue weighted by molar-refractivity contribution is -0.127. The minimum atomic E-state index is -1.14. The van der Waals surface area contributed by atoms with Crippen LogP contribution in [0.3, 0.4) is 0 Å². The first kappa shape index (κ1) is 31.8. The van der Waals surface area contributed by atoms with Gasteiger partial charge in [0.05, 0.1) is 31.2 Å². The Morgan fingerprint density at radius 1 is 1.11 bits per heavy atom. The van der Waals surface area contributed by atoms with Crippen molar-refractivity contribution in [2.75, 3.05) is 38.6 Å². The van der Waals surface area contributed by atoms with Crippen LogP contribution in [0.15, 0.2) is 48.9 Å². The van der Waals surface area contributed by atoms with Crippen molar-refractivity contribution < 1.29 is 33.3 Å². The third-order valence-corrected chi connectivity index (χ3v) is 8.01. The number of rotatable bonds is 10. The number of nitrogens with one attached hydrogen (secondary N) is 2. The summed E-state index contributed by atoms with van der Waals surface area (Å²) in [5, 5.41) is 25.2. The highest BCUT2D eigenvalue weighted by Crippen LogP contribution is 2.32. The number of benzene rings is 2. The normalized spacial score (nSPS) is 15.1. The first-order chi connectivity index (χ1) is 21.6. The number of piperidine rings is 1. The van der Waals surface area contributed by atoms with E-state index >= 15 is 0 Å².